The molecule has 0 bridgehead atoms. The highest BCUT2D eigenvalue weighted by atomic mass is 16.1. The van der Waals surface area contributed by atoms with E-state index in [1.807, 2.05) is 32.9 Å². The molecule has 1 aromatic heterocycles. The molecule has 1 heterocycles. The van der Waals surface area contributed by atoms with Crippen LogP contribution in [0.25, 0.3) is 0 Å². The van der Waals surface area contributed by atoms with Gasteiger partial charge in [0.1, 0.15) is 5.82 Å². The minimum Gasteiger partial charge on any atom is -0.316 e. The SMILES string of the molecule is CCNCCC(=O)Nc1cc(C)cc(C)n1. The number of pyridine rings is 1. The van der Waals surface area contributed by atoms with Crippen LogP contribution in [0, 0.1) is 13.8 Å². The Hall–Kier alpha value is -1.42. The highest BCUT2D eigenvalue weighted by Gasteiger charge is 2.03. The molecule has 0 saturated carbocycles. The number of aryl methyl sites for hydroxylation is 2. The molecule has 0 aromatic carbocycles. The highest BCUT2D eigenvalue weighted by molar-refractivity contribution is 5.89. The zero-order valence-electron chi connectivity index (χ0n) is 10.1. The summed E-state index contributed by atoms with van der Waals surface area (Å²) in [5.74, 6) is 0.637. The van der Waals surface area contributed by atoms with E-state index in [1.165, 1.54) is 0 Å². The lowest BCUT2D eigenvalue weighted by Crippen LogP contribution is -2.21. The quantitative estimate of drug-likeness (QED) is 0.743. The molecule has 0 aliphatic rings. The van der Waals surface area contributed by atoms with Gasteiger partial charge in [-0.05, 0) is 38.1 Å². The number of hydrogen-bond donors (Lipinski definition) is 2. The fraction of sp³-hybridized carbons (Fsp3) is 0.500. The Morgan fingerprint density at radius 2 is 2.12 bits per heavy atom. The number of carbonyl (C=O) groups excluding carboxylic acids is 1. The number of rotatable bonds is 5. The number of nitrogens with zero attached hydrogens (tertiary/aromatic N) is 1. The van der Waals surface area contributed by atoms with Crippen LogP contribution in [0.2, 0.25) is 0 Å². The standard InChI is InChI=1S/C12H19N3O/c1-4-13-6-5-12(16)15-11-8-9(2)7-10(3)14-11/h7-8,13H,4-6H2,1-3H3,(H,14,15,16). The van der Waals surface area contributed by atoms with Crippen molar-refractivity contribution in [3.63, 3.8) is 0 Å². The Morgan fingerprint density at radius 3 is 2.75 bits per heavy atom. The van der Waals surface area contributed by atoms with Gasteiger partial charge in [0.05, 0.1) is 0 Å². The largest absolute Gasteiger partial charge is 0.316 e. The third-order valence-corrected chi connectivity index (χ3v) is 2.14. The van der Waals surface area contributed by atoms with Crippen LogP contribution in [0.3, 0.4) is 0 Å². The van der Waals surface area contributed by atoms with Gasteiger partial charge in [-0.15, -0.1) is 0 Å². The summed E-state index contributed by atoms with van der Waals surface area (Å²) in [5.41, 5.74) is 2.02. The van der Waals surface area contributed by atoms with Crippen molar-refractivity contribution in [2.45, 2.75) is 27.2 Å². The predicted octanol–water partition coefficient (Wildman–Crippen LogP) is 1.64. The summed E-state index contributed by atoms with van der Waals surface area (Å²) in [4.78, 5) is 15.8. The van der Waals surface area contributed by atoms with E-state index in [1.54, 1.807) is 0 Å². The van der Waals surface area contributed by atoms with Crippen molar-refractivity contribution in [3.05, 3.63) is 23.4 Å². The van der Waals surface area contributed by atoms with Gasteiger partial charge in [0, 0.05) is 18.7 Å². The Balaban J connectivity index is 2.49. The molecular formula is C12H19N3O. The van der Waals surface area contributed by atoms with Crippen molar-refractivity contribution in [2.24, 2.45) is 0 Å². The Bertz CT molecular complexity index is 343. The van der Waals surface area contributed by atoms with Crippen LogP contribution in [0.5, 0.6) is 0 Å². The second-order valence-corrected chi connectivity index (χ2v) is 3.82. The van der Waals surface area contributed by atoms with Crippen LogP contribution in [0.1, 0.15) is 24.6 Å². The summed E-state index contributed by atoms with van der Waals surface area (Å²) >= 11 is 0. The first-order chi connectivity index (χ1) is 7.61. The monoisotopic (exact) mass is 221 g/mol. The molecule has 0 fully saturated rings. The first kappa shape index (κ1) is 12.6. The fourth-order valence-corrected chi connectivity index (χ4v) is 1.49. The second kappa shape index (κ2) is 6.23. The molecule has 0 spiro atoms. The fourth-order valence-electron chi connectivity index (χ4n) is 1.49. The summed E-state index contributed by atoms with van der Waals surface area (Å²) in [6.07, 6.45) is 0.475. The molecule has 16 heavy (non-hydrogen) atoms. The maximum atomic E-state index is 11.5. The highest BCUT2D eigenvalue weighted by Crippen LogP contribution is 2.08. The minimum absolute atomic E-state index is 0.00144. The average molecular weight is 221 g/mol. The number of carbonyl (C=O) groups is 1. The Labute approximate surface area is 96.5 Å². The van der Waals surface area contributed by atoms with Gasteiger partial charge in [-0.3, -0.25) is 4.79 Å². The maximum Gasteiger partial charge on any atom is 0.226 e. The van der Waals surface area contributed by atoms with E-state index in [-0.39, 0.29) is 5.91 Å². The first-order valence-corrected chi connectivity index (χ1v) is 5.57. The van der Waals surface area contributed by atoms with Crippen molar-refractivity contribution in [1.82, 2.24) is 10.3 Å². The minimum atomic E-state index is -0.00144. The van der Waals surface area contributed by atoms with Crippen molar-refractivity contribution in [1.29, 1.82) is 0 Å². The average Bonchev–Trinajstić information content (AvgIpc) is 2.16. The van der Waals surface area contributed by atoms with E-state index < -0.39 is 0 Å². The summed E-state index contributed by atoms with van der Waals surface area (Å²) in [5, 5.41) is 5.90. The predicted molar refractivity (Wildman–Crippen MR) is 65.5 cm³/mol. The van der Waals surface area contributed by atoms with Gasteiger partial charge in [-0.2, -0.15) is 0 Å². The number of anilines is 1. The first-order valence-electron chi connectivity index (χ1n) is 5.57. The van der Waals surface area contributed by atoms with E-state index in [0.29, 0.717) is 18.8 Å². The van der Waals surface area contributed by atoms with Gasteiger partial charge in [-0.1, -0.05) is 6.92 Å². The lowest BCUT2D eigenvalue weighted by molar-refractivity contribution is -0.116. The number of aromatic nitrogens is 1. The molecule has 1 rings (SSSR count). The Kier molecular flexibility index (Phi) is 4.92. The molecule has 0 atom stereocenters. The van der Waals surface area contributed by atoms with Crippen molar-refractivity contribution in [3.8, 4) is 0 Å². The molecule has 1 amide bonds. The maximum absolute atomic E-state index is 11.5. The van der Waals surface area contributed by atoms with Crippen LogP contribution in [-0.2, 0) is 4.79 Å². The van der Waals surface area contributed by atoms with Gasteiger partial charge in [0.15, 0.2) is 0 Å². The van der Waals surface area contributed by atoms with Crippen molar-refractivity contribution in [2.75, 3.05) is 18.4 Å². The molecule has 0 radical (unpaired) electrons. The molecule has 2 N–H and O–H groups in total. The normalized spacial score (nSPS) is 10.2. The molecule has 0 aliphatic heterocycles. The van der Waals surface area contributed by atoms with Crippen molar-refractivity contribution < 1.29 is 4.79 Å². The number of hydrogen-bond acceptors (Lipinski definition) is 3. The van der Waals surface area contributed by atoms with Crippen molar-refractivity contribution >= 4 is 11.7 Å². The van der Waals surface area contributed by atoms with Gasteiger partial charge < -0.3 is 10.6 Å². The van der Waals surface area contributed by atoms with Gasteiger partial charge in [-0.25, -0.2) is 4.98 Å². The van der Waals surface area contributed by atoms with E-state index in [0.717, 1.165) is 17.8 Å². The van der Waals surface area contributed by atoms with Crippen LogP contribution >= 0.6 is 0 Å². The molecule has 1 aromatic rings. The van der Waals surface area contributed by atoms with E-state index in [2.05, 4.69) is 15.6 Å². The van der Waals surface area contributed by atoms with E-state index in [4.69, 9.17) is 0 Å². The molecule has 0 saturated heterocycles. The third kappa shape index (κ3) is 4.40. The zero-order chi connectivity index (χ0) is 12.0. The Morgan fingerprint density at radius 1 is 1.38 bits per heavy atom. The van der Waals surface area contributed by atoms with Crippen LogP contribution in [0.15, 0.2) is 12.1 Å². The third-order valence-electron chi connectivity index (χ3n) is 2.14. The molecule has 0 aliphatic carbocycles. The lowest BCUT2D eigenvalue weighted by atomic mass is 10.2. The molecule has 4 nitrogen and oxygen atoms in total. The van der Waals surface area contributed by atoms with Crippen LogP contribution in [-0.4, -0.2) is 24.0 Å². The smallest absolute Gasteiger partial charge is 0.226 e. The lowest BCUT2D eigenvalue weighted by Gasteiger charge is -2.06. The number of nitrogens with one attached hydrogen (secondary N) is 2. The topological polar surface area (TPSA) is 54.0 Å². The molecule has 4 heteroatoms. The summed E-state index contributed by atoms with van der Waals surface area (Å²) in [7, 11) is 0. The van der Waals surface area contributed by atoms with Crippen LogP contribution < -0.4 is 10.6 Å². The van der Waals surface area contributed by atoms with E-state index >= 15 is 0 Å². The van der Waals surface area contributed by atoms with Crippen LogP contribution in [0.4, 0.5) is 5.82 Å². The summed E-state index contributed by atoms with van der Waals surface area (Å²) in [6.45, 7) is 7.51. The molecule has 0 unspecified atom stereocenters. The summed E-state index contributed by atoms with van der Waals surface area (Å²) < 4.78 is 0. The molecular weight excluding hydrogens is 202 g/mol. The number of amides is 1. The molecule has 88 valence electrons. The van der Waals surface area contributed by atoms with Gasteiger partial charge >= 0.3 is 0 Å². The second-order valence-electron chi connectivity index (χ2n) is 3.82. The van der Waals surface area contributed by atoms with Gasteiger partial charge in [0.25, 0.3) is 0 Å². The zero-order valence-corrected chi connectivity index (χ0v) is 10.1. The summed E-state index contributed by atoms with van der Waals surface area (Å²) in [6, 6.07) is 3.85. The van der Waals surface area contributed by atoms with E-state index in [9.17, 15) is 4.79 Å². The van der Waals surface area contributed by atoms with Gasteiger partial charge in [0.2, 0.25) is 5.91 Å².